The van der Waals surface area contributed by atoms with Crippen molar-refractivity contribution in [1.29, 1.82) is 0 Å². The minimum atomic E-state index is -0.887. The molecule has 0 bridgehead atoms. The van der Waals surface area contributed by atoms with Crippen LogP contribution in [0, 0.1) is 11.8 Å². The summed E-state index contributed by atoms with van der Waals surface area (Å²) in [4.78, 5) is 0. The highest BCUT2D eigenvalue weighted by atomic mass is 16.7. The lowest BCUT2D eigenvalue weighted by atomic mass is 9.85. The van der Waals surface area contributed by atoms with Crippen LogP contribution in [-0.2, 0) is 18.9 Å². The van der Waals surface area contributed by atoms with Gasteiger partial charge in [-0.1, -0.05) is 25.5 Å². The Balaban J connectivity index is 1.23. The summed E-state index contributed by atoms with van der Waals surface area (Å²) in [6.45, 7) is 2.97. The van der Waals surface area contributed by atoms with Crippen molar-refractivity contribution in [1.82, 2.24) is 0 Å². The second-order valence-electron chi connectivity index (χ2n) is 11.2. The van der Waals surface area contributed by atoms with Gasteiger partial charge in [0.25, 0.3) is 0 Å². The SMILES string of the molecule is CCCC(CO)OCOc1ccc(C2OCC3C(c4ccc(O[C@@H]5OC(CO)CC[C@@H]5O)c(OC)c4)OCC23)cc1OC. The minimum absolute atomic E-state index is 0.0197. The molecule has 3 aliphatic rings. The van der Waals surface area contributed by atoms with E-state index in [0.29, 0.717) is 49.1 Å². The van der Waals surface area contributed by atoms with E-state index in [2.05, 4.69) is 0 Å². The Hall–Kier alpha value is -2.64. The van der Waals surface area contributed by atoms with Crippen LogP contribution in [0.3, 0.4) is 0 Å². The molecular formula is C32H44O11. The number of aliphatic hydroxyl groups excluding tert-OH is 3. The third-order valence-electron chi connectivity index (χ3n) is 8.50. The van der Waals surface area contributed by atoms with Crippen molar-refractivity contribution < 1.29 is 53.2 Å². The first kappa shape index (κ1) is 31.8. The maximum atomic E-state index is 10.4. The molecule has 3 fully saturated rings. The molecule has 0 aliphatic carbocycles. The van der Waals surface area contributed by atoms with E-state index in [1.54, 1.807) is 20.3 Å². The van der Waals surface area contributed by atoms with Crippen LogP contribution in [0.1, 0.15) is 55.9 Å². The fourth-order valence-corrected chi connectivity index (χ4v) is 6.12. The molecule has 5 rings (SSSR count). The second-order valence-corrected chi connectivity index (χ2v) is 11.2. The first-order chi connectivity index (χ1) is 21.0. The average Bonchev–Trinajstić information content (AvgIpc) is 3.65. The monoisotopic (exact) mass is 604 g/mol. The molecule has 0 spiro atoms. The van der Waals surface area contributed by atoms with Gasteiger partial charge in [0.1, 0.15) is 6.10 Å². The Bertz CT molecular complexity index is 1180. The fraction of sp³-hybridized carbons (Fsp3) is 0.625. The Kier molecular flexibility index (Phi) is 11.0. The molecule has 0 aromatic heterocycles. The topological polar surface area (TPSA) is 135 Å². The first-order valence-corrected chi connectivity index (χ1v) is 15.0. The summed E-state index contributed by atoms with van der Waals surface area (Å²) in [5.74, 6) is 2.37. The lowest BCUT2D eigenvalue weighted by Gasteiger charge is -2.33. The zero-order valence-electron chi connectivity index (χ0n) is 25.1. The zero-order valence-corrected chi connectivity index (χ0v) is 25.1. The predicted molar refractivity (Wildman–Crippen MR) is 154 cm³/mol. The second kappa shape index (κ2) is 14.9. The van der Waals surface area contributed by atoms with Gasteiger partial charge in [-0.2, -0.15) is 0 Å². The van der Waals surface area contributed by atoms with Gasteiger partial charge >= 0.3 is 0 Å². The quantitative estimate of drug-likeness (QED) is 0.274. The van der Waals surface area contributed by atoms with Crippen LogP contribution in [0.15, 0.2) is 36.4 Å². The Morgan fingerprint density at radius 3 is 2.07 bits per heavy atom. The van der Waals surface area contributed by atoms with Crippen molar-refractivity contribution in [2.24, 2.45) is 11.8 Å². The van der Waals surface area contributed by atoms with E-state index in [0.717, 1.165) is 24.0 Å². The molecular weight excluding hydrogens is 560 g/mol. The highest BCUT2D eigenvalue weighted by molar-refractivity contribution is 5.45. The van der Waals surface area contributed by atoms with Crippen molar-refractivity contribution in [2.75, 3.05) is 47.4 Å². The number of benzene rings is 2. The normalized spacial score (nSPS) is 29.2. The van der Waals surface area contributed by atoms with Gasteiger partial charge in [0.2, 0.25) is 6.29 Å². The van der Waals surface area contributed by atoms with Crippen LogP contribution >= 0.6 is 0 Å². The molecule has 11 heteroatoms. The van der Waals surface area contributed by atoms with Crippen LogP contribution < -0.4 is 18.9 Å². The summed E-state index contributed by atoms with van der Waals surface area (Å²) in [6, 6.07) is 11.4. The van der Waals surface area contributed by atoms with E-state index in [1.807, 2.05) is 37.3 Å². The average molecular weight is 605 g/mol. The number of rotatable bonds is 14. The van der Waals surface area contributed by atoms with E-state index in [1.165, 1.54) is 0 Å². The van der Waals surface area contributed by atoms with E-state index in [-0.39, 0.29) is 56.3 Å². The van der Waals surface area contributed by atoms with E-state index < -0.39 is 12.4 Å². The molecule has 8 atom stereocenters. The van der Waals surface area contributed by atoms with Crippen molar-refractivity contribution in [3.05, 3.63) is 47.5 Å². The van der Waals surface area contributed by atoms with Gasteiger partial charge < -0.3 is 53.2 Å². The summed E-state index contributed by atoms with van der Waals surface area (Å²) in [6.07, 6.45) is 0.0805. The zero-order chi connectivity index (χ0) is 30.3. The lowest BCUT2D eigenvalue weighted by molar-refractivity contribution is -0.208. The molecule has 3 aliphatic heterocycles. The molecule has 238 valence electrons. The first-order valence-electron chi connectivity index (χ1n) is 15.0. The van der Waals surface area contributed by atoms with Crippen LogP contribution in [0.4, 0.5) is 0 Å². The molecule has 2 aromatic carbocycles. The molecule has 11 nitrogen and oxygen atoms in total. The molecule has 0 amide bonds. The lowest BCUT2D eigenvalue weighted by Crippen LogP contribution is -2.43. The summed E-state index contributed by atoms with van der Waals surface area (Å²) in [7, 11) is 3.16. The Morgan fingerprint density at radius 2 is 1.49 bits per heavy atom. The van der Waals surface area contributed by atoms with Gasteiger partial charge in [-0.05, 0) is 54.7 Å². The smallest absolute Gasteiger partial charge is 0.226 e. The summed E-state index contributed by atoms with van der Waals surface area (Å²) >= 11 is 0. The van der Waals surface area contributed by atoms with Crippen LogP contribution in [-0.4, -0.2) is 87.4 Å². The van der Waals surface area contributed by atoms with E-state index >= 15 is 0 Å². The van der Waals surface area contributed by atoms with Gasteiger partial charge in [-0.3, -0.25) is 0 Å². The maximum Gasteiger partial charge on any atom is 0.226 e. The molecule has 3 heterocycles. The maximum absolute atomic E-state index is 10.4. The van der Waals surface area contributed by atoms with Crippen molar-refractivity contribution in [3.63, 3.8) is 0 Å². The van der Waals surface area contributed by atoms with Gasteiger partial charge in [-0.25, -0.2) is 0 Å². The Morgan fingerprint density at radius 1 is 0.860 bits per heavy atom. The minimum Gasteiger partial charge on any atom is -0.493 e. The van der Waals surface area contributed by atoms with Gasteiger partial charge in [-0.15, -0.1) is 0 Å². The van der Waals surface area contributed by atoms with Crippen LogP contribution in [0.25, 0.3) is 0 Å². The van der Waals surface area contributed by atoms with Gasteiger partial charge in [0.15, 0.2) is 29.8 Å². The Labute approximate surface area is 252 Å². The number of fused-ring (bicyclic) bond motifs is 1. The van der Waals surface area contributed by atoms with Crippen LogP contribution in [0.5, 0.6) is 23.0 Å². The molecule has 6 unspecified atom stereocenters. The number of aliphatic hydroxyl groups is 3. The molecule has 3 N–H and O–H groups in total. The third-order valence-corrected chi connectivity index (χ3v) is 8.50. The number of methoxy groups -OCH3 is 2. The fourth-order valence-electron chi connectivity index (χ4n) is 6.12. The molecule has 2 aromatic rings. The van der Waals surface area contributed by atoms with Crippen molar-refractivity contribution in [2.45, 2.75) is 69.4 Å². The van der Waals surface area contributed by atoms with Crippen molar-refractivity contribution >= 4 is 0 Å². The third kappa shape index (κ3) is 7.20. The molecule has 0 saturated carbocycles. The summed E-state index contributed by atoms with van der Waals surface area (Å²) in [5.41, 5.74) is 1.93. The van der Waals surface area contributed by atoms with Crippen molar-refractivity contribution in [3.8, 4) is 23.0 Å². The summed E-state index contributed by atoms with van der Waals surface area (Å²) in [5, 5.41) is 29.3. The van der Waals surface area contributed by atoms with E-state index in [9.17, 15) is 15.3 Å². The predicted octanol–water partition coefficient (Wildman–Crippen LogP) is 3.53. The van der Waals surface area contributed by atoms with Gasteiger partial charge in [0, 0.05) is 11.8 Å². The van der Waals surface area contributed by atoms with Crippen LogP contribution in [0.2, 0.25) is 0 Å². The largest absolute Gasteiger partial charge is 0.493 e. The molecule has 43 heavy (non-hydrogen) atoms. The molecule has 3 saturated heterocycles. The molecule has 0 radical (unpaired) electrons. The number of hydrogen-bond acceptors (Lipinski definition) is 11. The highest BCUT2D eigenvalue weighted by Crippen LogP contribution is 2.51. The standard InChI is InChI=1S/C32H44O11/c1-4-5-21(14-33)40-18-41-26-10-6-19(12-28(26)36-2)30-23-16-39-31(24(23)17-38-30)20-7-11-27(29(13-20)37-3)43-32-25(35)9-8-22(15-34)42-32/h6-7,10-13,21-25,30-35H,4-5,8-9,14-18H2,1-3H3/t21?,22?,23?,24?,25-,30?,31?,32-/m0/s1. The highest BCUT2D eigenvalue weighted by Gasteiger charge is 2.48. The number of hydrogen-bond donors (Lipinski definition) is 3. The van der Waals surface area contributed by atoms with E-state index in [4.69, 9.17) is 37.9 Å². The number of ether oxygens (including phenoxy) is 8. The van der Waals surface area contributed by atoms with Gasteiger partial charge in [0.05, 0.1) is 65.1 Å². The summed E-state index contributed by atoms with van der Waals surface area (Å²) < 4.78 is 47.0.